The van der Waals surface area contributed by atoms with Crippen LogP contribution in [-0.4, -0.2) is 5.97 Å². The molecule has 0 unspecified atom stereocenters. The minimum absolute atomic E-state index is 0.254. The Labute approximate surface area is 65.5 Å². The van der Waals surface area contributed by atoms with Gasteiger partial charge in [-0.2, -0.15) is 0 Å². The summed E-state index contributed by atoms with van der Waals surface area (Å²) in [5.41, 5.74) is 1.27. The third kappa shape index (κ3) is 1.80. The highest BCUT2D eigenvalue weighted by Crippen LogP contribution is 2.05. The van der Waals surface area contributed by atoms with Gasteiger partial charge in [0, 0.05) is 0 Å². The Balaban J connectivity index is 3.01. The van der Waals surface area contributed by atoms with Crippen LogP contribution < -0.4 is 0 Å². The molecule has 11 heavy (non-hydrogen) atoms. The van der Waals surface area contributed by atoms with Crippen LogP contribution >= 0.6 is 0 Å². The molecule has 57 valence electrons. The van der Waals surface area contributed by atoms with Crippen LogP contribution in [0.15, 0.2) is 24.3 Å². The summed E-state index contributed by atoms with van der Waals surface area (Å²) in [5, 5.41) is 10.4. The van der Waals surface area contributed by atoms with Gasteiger partial charge in [0.25, 0.3) is 0 Å². The van der Waals surface area contributed by atoms with Crippen LogP contribution in [0.4, 0.5) is 0 Å². The lowest BCUT2D eigenvalue weighted by molar-refractivity contribution is 0.0573. The van der Waals surface area contributed by atoms with Gasteiger partial charge in [0.05, 0.1) is 5.56 Å². The lowest BCUT2D eigenvalue weighted by Crippen LogP contribution is -1.94. The Bertz CT molecular complexity index is 266. The maximum absolute atomic E-state index is 10.4. The molecule has 0 bridgehead atoms. The molecule has 0 fully saturated rings. The number of benzene rings is 1. The van der Waals surface area contributed by atoms with Crippen molar-refractivity contribution in [2.75, 3.05) is 0 Å². The van der Waals surface area contributed by atoms with Crippen molar-refractivity contribution in [2.24, 2.45) is 0 Å². The fourth-order valence-corrected chi connectivity index (χ4v) is 0.918. The molecule has 0 atom stereocenters. The van der Waals surface area contributed by atoms with Crippen molar-refractivity contribution in [1.29, 1.82) is 0 Å². The van der Waals surface area contributed by atoms with Gasteiger partial charge in [-0.1, -0.05) is 19.1 Å². The van der Waals surface area contributed by atoms with Gasteiger partial charge in [-0.15, -0.1) is 0 Å². The second-order valence-corrected chi connectivity index (χ2v) is 2.34. The van der Waals surface area contributed by atoms with Crippen LogP contribution in [0.5, 0.6) is 0 Å². The van der Waals surface area contributed by atoms with E-state index in [0.29, 0.717) is 0 Å². The van der Waals surface area contributed by atoms with Gasteiger partial charge in [0.2, 0.25) is 0 Å². The van der Waals surface area contributed by atoms with E-state index in [1.54, 1.807) is 12.1 Å². The van der Waals surface area contributed by atoms with Crippen LogP contribution in [-0.2, 0) is 11.5 Å². The van der Waals surface area contributed by atoms with E-state index in [1.807, 2.05) is 13.0 Å². The minimum atomic E-state index is -1.11. The lowest BCUT2D eigenvalue weighted by Gasteiger charge is -1.95. The highest BCUT2D eigenvalue weighted by Gasteiger charge is 2.03. The van der Waals surface area contributed by atoms with E-state index in [1.165, 1.54) is 6.07 Å². The fourth-order valence-electron chi connectivity index (χ4n) is 0.918. The smallest absolute Gasteiger partial charge is 0.242 e. The van der Waals surface area contributed by atoms with Crippen LogP contribution in [0.25, 0.3) is 0 Å². The molecule has 0 heterocycles. The zero-order valence-corrected chi connectivity index (χ0v) is 6.33. The SMILES string of the molecule is CCc1cccc(C([O])=O)c1. The zero-order valence-electron chi connectivity index (χ0n) is 6.33. The van der Waals surface area contributed by atoms with Crippen molar-refractivity contribution in [2.45, 2.75) is 13.3 Å². The highest BCUT2D eigenvalue weighted by atomic mass is 16.4. The molecule has 1 aromatic carbocycles. The first-order valence-corrected chi connectivity index (χ1v) is 3.54. The summed E-state index contributed by atoms with van der Waals surface area (Å²) in [6, 6.07) is 6.79. The van der Waals surface area contributed by atoms with Crippen molar-refractivity contribution in [3.05, 3.63) is 35.4 Å². The summed E-state index contributed by atoms with van der Waals surface area (Å²) < 4.78 is 0. The monoisotopic (exact) mass is 149 g/mol. The molecule has 1 radical (unpaired) electrons. The lowest BCUT2D eigenvalue weighted by atomic mass is 10.1. The first-order chi connectivity index (χ1) is 5.24. The van der Waals surface area contributed by atoms with E-state index in [0.717, 1.165) is 12.0 Å². The first kappa shape index (κ1) is 7.79. The van der Waals surface area contributed by atoms with Gasteiger partial charge >= 0.3 is 5.97 Å². The molecule has 0 N–H and O–H groups in total. The molecule has 0 amide bonds. The summed E-state index contributed by atoms with van der Waals surface area (Å²) in [4.78, 5) is 10.4. The molecule has 0 aliphatic rings. The van der Waals surface area contributed by atoms with Gasteiger partial charge in [0.15, 0.2) is 0 Å². The quantitative estimate of drug-likeness (QED) is 0.631. The highest BCUT2D eigenvalue weighted by molar-refractivity contribution is 5.87. The number of rotatable bonds is 2. The van der Waals surface area contributed by atoms with Crippen LogP contribution in [0, 0.1) is 0 Å². The van der Waals surface area contributed by atoms with E-state index >= 15 is 0 Å². The van der Waals surface area contributed by atoms with Crippen molar-refractivity contribution < 1.29 is 9.90 Å². The van der Waals surface area contributed by atoms with Crippen molar-refractivity contribution >= 4 is 5.97 Å². The Morgan fingerprint density at radius 1 is 1.45 bits per heavy atom. The summed E-state index contributed by atoms with van der Waals surface area (Å²) >= 11 is 0. The van der Waals surface area contributed by atoms with E-state index < -0.39 is 5.97 Å². The molecule has 0 saturated carbocycles. The fraction of sp³-hybridized carbons (Fsp3) is 0.222. The molecule has 0 aromatic heterocycles. The molecule has 2 nitrogen and oxygen atoms in total. The predicted octanol–water partition coefficient (Wildman–Crippen LogP) is 1.82. The van der Waals surface area contributed by atoms with Crippen LogP contribution in [0.1, 0.15) is 22.8 Å². The average molecular weight is 149 g/mol. The van der Waals surface area contributed by atoms with Crippen molar-refractivity contribution in [3.63, 3.8) is 0 Å². The van der Waals surface area contributed by atoms with Crippen molar-refractivity contribution in [1.82, 2.24) is 0 Å². The van der Waals surface area contributed by atoms with Crippen LogP contribution in [0.3, 0.4) is 0 Å². The summed E-state index contributed by atoms with van der Waals surface area (Å²) in [7, 11) is 0. The van der Waals surface area contributed by atoms with E-state index in [4.69, 9.17) is 0 Å². The second kappa shape index (κ2) is 3.19. The Morgan fingerprint density at radius 3 is 2.73 bits per heavy atom. The number of hydrogen-bond donors (Lipinski definition) is 0. The second-order valence-electron chi connectivity index (χ2n) is 2.34. The summed E-state index contributed by atoms with van der Waals surface area (Å²) in [6.45, 7) is 1.98. The van der Waals surface area contributed by atoms with E-state index in [9.17, 15) is 9.90 Å². The van der Waals surface area contributed by atoms with E-state index in [-0.39, 0.29) is 5.56 Å². The average Bonchev–Trinajstić information content (AvgIpc) is 2.05. The largest absolute Gasteiger partial charge is 0.386 e. The molecule has 0 aliphatic carbocycles. The predicted molar refractivity (Wildman–Crippen MR) is 40.8 cm³/mol. The molecule has 1 rings (SSSR count). The van der Waals surface area contributed by atoms with Crippen LogP contribution in [0.2, 0.25) is 0 Å². The summed E-state index contributed by atoms with van der Waals surface area (Å²) in [5.74, 6) is -1.11. The normalized spacial score (nSPS) is 9.55. The van der Waals surface area contributed by atoms with Gasteiger partial charge in [0.1, 0.15) is 0 Å². The molecule has 0 aliphatic heterocycles. The molecule has 1 aromatic rings. The molecular weight excluding hydrogens is 140 g/mol. The first-order valence-electron chi connectivity index (χ1n) is 3.54. The Kier molecular flexibility index (Phi) is 2.26. The topological polar surface area (TPSA) is 37.0 Å². The van der Waals surface area contributed by atoms with Crippen molar-refractivity contribution in [3.8, 4) is 0 Å². The third-order valence-corrected chi connectivity index (χ3v) is 1.57. The number of aryl methyl sites for hydroxylation is 1. The number of carbonyl (C=O) groups excluding carboxylic acids is 1. The Hall–Kier alpha value is -1.31. The zero-order chi connectivity index (χ0) is 8.27. The van der Waals surface area contributed by atoms with Gasteiger partial charge in [-0.05, 0) is 24.1 Å². The third-order valence-electron chi connectivity index (χ3n) is 1.57. The number of carbonyl (C=O) groups is 1. The molecular formula is C9H9O2. The van der Waals surface area contributed by atoms with Gasteiger partial charge in [-0.25, -0.2) is 9.90 Å². The Morgan fingerprint density at radius 2 is 2.18 bits per heavy atom. The summed E-state index contributed by atoms with van der Waals surface area (Å²) in [6.07, 6.45) is 0.848. The maximum Gasteiger partial charge on any atom is 0.386 e. The van der Waals surface area contributed by atoms with Gasteiger partial charge in [-0.3, -0.25) is 0 Å². The maximum atomic E-state index is 10.4. The molecule has 2 heteroatoms. The van der Waals surface area contributed by atoms with Gasteiger partial charge < -0.3 is 0 Å². The minimum Gasteiger partial charge on any atom is -0.242 e. The molecule has 0 saturated heterocycles. The number of hydrogen-bond acceptors (Lipinski definition) is 1. The standard InChI is InChI=1S/C9H9O2/c1-2-7-4-3-5-8(6-7)9(10)11/h3-6H,2H2,1H3. The molecule has 0 spiro atoms. The van der Waals surface area contributed by atoms with E-state index in [2.05, 4.69) is 0 Å².